The molecule has 1 amide bonds. The average Bonchev–Trinajstić information content (AvgIpc) is 2.61. The maximum absolute atomic E-state index is 11.8. The molecule has 0 radical (unpaired) electrons. The largest absolute Gasteiger partial charge is 0.339 e. The van der Waals surface area contributed by atoms with Crippen LogP contribution in [0.1, 0.15) is 39.5 Å². The molecule has 1 aliphatic rings. The fourth-order valence-corrected chi connectivity index (χ4v) is 2.11. The second-order valence-corrected chi connectivity index (χ2v) is 4.41. The van der Waals surface area contributed by atoms with Gasteiger partial charge in [0.25, 0.3) is 0 Å². The molecule has 82 valence electrons. The number of nitrogens with zero attached hydrogens (tertiary/aromatic N) is 1. The Morgan fingerprint density at radius 2 is 2.29 bits per heavy atom. The number of carbonyl (C=O) groups excluding carboxylic acids is 1. The molecule has 1 heterocycles. The molecule has 0 spiro atoms. The van der Waals surface area contributed by atoms with Crippen molar-refractivity contribution in [1.29, 1.82) is 0 Å². The van der Waals surface area contributed by atoms with Crippen LogP contribution in [0.4, 0.5) is 0 Å². The summed E-state index contributed by atoms with van der Waals surface area (Å²) in [5.41, 5.74) is 5.48. The molecule has 3 nitrogen and oxygen atoms in total. The van der Waals surface area contributed by atoms with E-state index in [1.807, 2.05) is 13.8 Å². The predicted molar refractivity (Wildman–Crippen MR) is 57.9 cm³/mol. The normalized spacial score (nSPS) is 22.0. The summed E-state index contributed by atoms with van der Waals surface area (Å²) in [6, 6.07) is 0.466. The van der Waals surface area contributed by atoms with E-state index in [0.717, 1.165) is 32.4 Å². The number of amides is 1. The number of nitrogens with two attached hydrogens (primary N) is 1. The number of hydrogen-bond donors (Lipinski definition) is 1. The van der Waals surface area contributed by atoms with Crippen LogP contribution in [0.25, 0.3) is 0 Å². The van der Waals surface area contributed by atoms with Gasteiger partial charge in [-0.15, -0.1) is 0 Å². The second-order valence-electron chi connectivity index (χ2n) is 4.41. The molecule has 0 saturated carbocycles. The Kier molecular flexibility index (Phi) is 4.39. The van der Waals surface area contributed by atoms with Gasteiger partial charge in [0.05, 0.1) is 0 Å². The minimum absolute atomic E-state index is 0.133. The smallest absolute Gasteiger partial charge is 0.225 e. The van der Waals surface area contributed by atoms with Crippen LogP contribution in [0.3, 0.4) is 0 Å². The molecule has 1 atom stereocenters. The van der Waals surface area contributed by atoms with Crippen molar-refractivity contribution >= 4 is 5.91 Å². The molecule has 2 N–H and O–H groups in total. The Bertz CT molecular complexity index is 192. The van der Waals surface area contributed by atoms with Gasteiger partial charge < -0.3 is 10.6 Å². The van der Waals surface area contributed by atoms with Crippen LogP contribution in [-0.2, 0) is 4.79 Å². The summed E-state index contributed by atoms with van der Waals surface area (Å²) in [6.45, 7) is 5.63. The van der Waals surface area contributed by atoms with E-state index in [0.29, 0.717) is 11.9 Å². The number of rotatable bonds is 4. The summed E-state index contributed by atoms with van der Waals surface area (Å²) in [6.07, 6.45) is 4.44. The molecule has 1 fully saturated rings. The van der Waals surface area contributed by atoms with Gasteiger partial charge in [0, 0.05) is 18.5 Å². The van der Waals surface area contributed by atoms with Gasteiger partial charge in [-0.1, -0.05) is 13.8 Å². The number of carbonyl (C=O) groups is 1. The zero-order valence-electron chi connectivity index (χ0n) is 9.33. The molecule has 1 rings (SSSR count). The molecule has 14 heavy (non-hydrogen) atoms. The van der Waals surface area contributed by atoms with E-state index in [2.05, 4.69) is 4.90 Å². The van der Waals surface area contributed by atoms with Crippen molar-refractivity contribution in [1.82, 2.24) is 4.90 Å². The lowest BCUT2D eigenvalue weighted by atomic mass is 10.1. The van der Waals surface area contributed by atoms with Crippen LogP contribution in [0, 0.1) is 5.92 Å². The number of likely N-dealkylation sites (tertiary alicyclic amines) is 1. The predicted octanol–water partition coefficient (Wildman–Crippen LogP) is 1.37. The average molecular weight is 198 g/mol. The standard InChI is InChI=1S/C11H22N2O/c1-9(2)11(14)13-8-4-6-10(13)5-3-7-12/h9-10H,3-8,12H2,1-2H3. The lowest BCUT2D eigenvalue weighted by Gasteiger charge is -2.26. The maximum atomic E-state index is 11.8. The van der Waals surface area contributed by atoms with E-state index in [-0.39, 0.29) is 5.92 Å². The van der Waals surface area contributed by atoms with Gasteiger partial charge in [-0.2, -0.15) is 0 Å². The lowest BCUT2D eigenvalue weighted by molar-refractivity contribution is -0.135. The van der Waals surface area contributed by atoms with E-state index < -0.39 is 0 Å². The summed E-state index contributed by atoms with van der Waals surface area (Å²) in [5, 5.41) is 0. The summed E-state index contributed by atoms with van der Waals surface area (Å²) < 4.78 is 0. The van der Waals surface area contributed by atoms with Crippen molar-refractivity contribution in [2.75, 3.05) is 13.1 Å². The highest BCUT2D eigenvalue weighted by Gasteiger charge is 2.29. The Morgan fingerprint density at radius 3 is 2.86 bits per heavy atom. The van der Waals surface area contributed by atoms with E-state index in [1.165, 1.54) is 6.42 Å². The molecule has 1 aliphatic heterocycles. The van der Waals surface area contributed by atoms with Crippen molar-refractivity contribution in [3.8, 4) is 0 Å². The first-order valence-electron chi connectivity index (χ1n) is 5.67. The van der Waals surface area contributed by atoms with Crippen molar-refractivity contribution in [2.45, 2.75) is 45.6 Å². The SMILES string of the molecule is CC(C)C(=O)N1CCCC1CCCN. The van der Waals surface area contributed by atoms with Crippen molar-refractivity contribution < 1.29 is 4.79 Å². The van der Waals surface area contributed by atoms with Crippen LogP contribution in [0.15, 0.2) is 0 Å². The van der Waals surface area contributed by atoms with Crippen molar-refractivity contribution in [3.63, 3.8) is 0 Å². The molecule has 1 unspecified atom stereocenters. The van der Waals surface area contributed by atoms with E-state index in [4.69, 9.17) is 5.73 Å². The number of hydrogen-bond acceptors (Lipinski definition) is 2. The second kappa shape index (κ2) is 5.35. The summed E-state index contributed by atoms with van der Waals surface area (Å²) in [7, 11) is 0. The van der Waals surface area contributed by atoms with Crippen LogP contribution >= 0.6 is 0 Å². The zero-order valence-corrected chi connectivity index (χ0v) is 9.33. The zero-order chi connectivity index (χ0) is 10.6. The Hall–Kier alpha value is -0.570. The van der Waals surface area contributed by atoms with Crippen LogP contribution in [0.5, 0.6) is 0 Å². The molecule has 0 aromatic rings. The lowest BCUT2D eigenvalue weighted by Crippen LogP contribution is -2.38. The third kappa shape index (κ3) is 2.71. The monoisotopic (exact) mass is 198 g/mol. The van der Waals surface area contributed by atoms with Gasteiger partial charge in [0.15, 0.2) is 0 Å². The topological polar surface area (TPSA) is 46.3 Å². The fraction of sp³-hybridized carbons (Fsp3) is 0.909. The first-order chi connectivity index (χ1) is 6.66. The Labute approximate surface area is 86.6 Å². The van der Waals surface area contributed by atoms with Gasteiger partial charge in [-0.05, 0) is 32.2 Å². The van der Waals surface area contributed by atoms with Crippen molar-refractivity contribution in [2.24, 2.45) is 11.7 Å². The summed E-state index contributed by atoms with van der Waals surface area (Å²) in [4.78, 5) is 13.9. The molecular weight excluding hydrogens is 176 g/mol. The van der Waals surface area contributed by atoms with Crippen molar-refractivity contribution in [3.05, 3.63) is 0 Å². The molecule has 0 aromatic heterocycles. The summed E-state index contributed by atoms with van der Waals surface area (Å²) >= 11 is 0. The minimum Gasteiger partial charge on any atom is -0.339 e. The third-order valence-corrected chi connectivity index (χ3v) is 2.90. The van der Waals surface area contributed by atoms with Crippen LogP contribution < -0.4 is 5.73 Å². The quantitative estimate of drug-likeness (QED) is 0.741. The molecule has 3 heteroatoms. The first-order valence-corrected chi connectivity index (χ1v) is 5.67. The Morgan fingerprint density at radius 1 is 1.57 bits per heavy atom. The van der Waals surface area contributed by atoms with Gasteiger partial charge in [-0.3, -0.25) is 4.79 Å². The molecular formula is C11H22N2O. The van der Waals surface area contributed by atoms with Gasteiger partial charge in [0.2, 0.25) is 5.91 Å². The fourth-order valence-electron chi connectivity index (χ4n) is 2.11. The maximum Gasteiger partial charge on any atom is 0.225 e. The van der Waals surface area contributed by atoms with E-state index in [9.17, 15) is 4.79 Å². The Balaban J connectivity index is 2.46. The van der Waals surface area contributed by atoms with E-state index in [1.54, 1.807) is 0 Å². The highest BCUT2D eigenvalue weighted by Crippen LogP contribution is 2.22. The first kappa shape index (κ1) is 11.5. The molecule has 1 saturated heterocycles. The molecule has 0 aromatic carbocycles. The van der Waals surface area contributed by atoms with E-state index >= 15 is 0 Å². The minimum atomic E-state index is 0.133. The third-order valence-electron chi connectivity index (χ3n) is 2.90. The van der Waals surface area contributed by atoms with Crippen LogP contribution in [-0.4, -0.2) is 29.9 Å². The van der Waals surface area contributed by atoms with Gasteiger partial charge in [-0.25, -0.2) is 0 Å². The highest BCUT2D eigenvalue weighted by atomic mass is 16.2. The van der Waals surface area contributed by atoms with Gasteiger partial charge >= 0.3 is 0 Å². The van der Waals surface area contributed by atoms with Crippen LogP contribution in [0.2, 0.25) is 0 Å². The highest BCUT2D eigenvalue weighted by molar-refractivity contribution is 5.78. The molecule has 0 aliphatic carbocycles. The molecule has 0 bridgehead atoms. The summed E-state index contributed by atoms with van der Waals surface area (Å²) in [5.74, 6) is 0.443. The van der Waals surface area contributed by atoms with Gasteiger partial charge in [0.1, 0.15) is 0 Å².